The Hall–Kier alpha value is -1.42. The minimum Gasteiger partial charge on any atom is -0.369 e. The van der Waals surface area contributed by atoms with Crippen LogP contribution in [0.15, 0.2) is 22.7 Å². The summed E-state index contributed by atoms with van der Waals surface area (Å²) in [6.07, 6.45) is 0.874. The Kier molecular flexibility index (Phi) is 4.76. The highest BCUT2D eigenvalue weighted by Crippen LogP contribution is 2.29. The molecule has 0 atom stereocenters. The van der Waals surface area contributed by atoms with Crippen molar-refractivity contribution < 1.29 is 0 Å². The third-order valence-corrected chi connectivity index (χ3v) is 4.06. The first kappa shape index (κ1) is 15.0. The lowest BCUT2D eigenvalue weighted by Crippen LogP contribution is -2.06. The van der Waals surface area contributed by atoms with Crippen molar-refractivity contribution in [1.29, 1.82) is 0 Å². The van der Waals surface area contributed by atoms with Crippen molar-refractivity contribution in [3.63, 3.8) is 0 Å². The van der Waals surface area contributed by atoms with E-state index in [-0.39, 0.29) is 0 Å². The molecule has 0 unspecified atom stereocenters. The summed E-state index contributed by atoms with van der Waals surface area (Å²) >= 11 is 3.59. The van der Waals surface area contributed by atoms with Gasteiger partial charge in [-0.2, -0.15) is 0 Å². The van der Waals surface area contributed by atoms with E-state index in [4.69, 9.17) is 4.98 Å². The molecular weight excluding hydrogens is 314 g/mol. The molecule has 2 aromatic rings. The number of benzene rings is 1. The molecule has 0 aliphatic rings. The van der Waals surface area contributed by atoms with E-state index in [1.54, 1.807) is 0 Å². The van der Waals surface area contributed by atoms with Crippen molar-refractivity contribution >= 4 is 21.7 Å². The van der Waals surface area contributed by atoms with Gasteiger partial charge < -0.3 is 5.32 Å². The minimum atomic E-state index is 0.790. The molecule has 1 N–H and O–H groups in total. The molecule has 0 fully saturated rings. The van der Waals surface area contributed by atoms with Crippen molar-refractivity contribution in [1.82, 2.24) is 9.97 Å². The summed E-state index contributed by atoms with van der Waals surface area (Å²) in [5.41, 5.74) is 4.59. The van der Waals surface area contributed by atoms with Crippen LogP contribution in [0.4, 0.5) is 5.82 Å². The van der Waals surface area contributed by atoms with Crippen LogP contribution in [0.5, 0.6) is 0 Å². The molecule has 0 aliphatic heterocycles. The number of nitrogens with one attached hydrogen (secondary N) is 1. The summed E-state index contributed by atoms with van der Waals surface area (Å²) in [5, 5.41) is 3.29. The van der Waals surface area contributed by atoms with Gasteiger partial charge in [-0.1, -0.05) is 30.7 Å². The maximum Gasteiger partial charge on any atom is 0.162 e. The summed E-state index contributed by atoms with van der Waals surface area (Å²) < 4.78 is 0.968. The molecule has 3 nitrogen and oxygen atoms in total. The molecule has 0 aliphatic carbocycles. The van der Waals surface area contributed by atoms with Gasteiger partial charge >= 0.3 is 0 Å². The normalized spacial score (nSPS) is 10.7. The van der Waals surface area contributed by atoms with Gasteiger partial charge in [-0.05, 0) is 48.7 Å². The van der Waals surface area contributed by atoms with E-state index in [2.05, 4.69) is 72.1 Å². The first-order valence-corrected chi connectivity index (χ1v) is 7.74. The molecule has 1 aromatic carbocycles. The Morgan fingerprint density at radius 3 is 2.50 bits per heavy atom. The highest BCUT2D eigenvalue weighted by molar-refractivity contribution is 9.10. The topological polar surface area (TPSA) is 37.8 Å². The van der Waals surface area contributed by atoms with E-state index in [1.807, 2.05) is 0 Å². The largest absolute Gasteiger partial charge is 0.369 e. The molecule has 0 saturated carbocycles. The van der Waals surface area contributed by atoms with Crippen LogP contribution in [-0.2, 0) is 6.42 Å². The Balaban J connectivity index is 2.58. The number of halogens is 1. The van der Waals surface area contributed by atoms with Gasteiger partial charge in [0.15, 0.2) is 5.82 Å². The van der Waals surface area contributed by atoms with E-state index >= 15 is 0 Å². The van der Waals surface area contributed by atoms with Crippen molar-refractivity contribution in [3.05, 3.63) is 39.5 Å². The molecule has 20 heavy (non-hydrogen) atoms. The van der Waals surface area contributed by atoms with Crippen molar-refractivity contribution in [2.24, 2.45) is 0 Å². The van der Waals surface area contributed by atoms with Gasteiger partial charge in [-0.25, -0.2) is 9.97 Å². The maximum absolute atomic E-state index is 4.70. The number of anilines is 1. The minimum absolute atomic E-state index is 0.790. The second-order valence-electron chi connectivity index (χ2n) is 4.86. The highest BCUT2D eigenvalue weighted by atomic mass is 79.9. The zero-order valence-electron chi connectivity index (χ0n) is 12.4. The summed E-state index contributed by atoms with van der Waals surface area (Å²) in [7, 11) is 0. The van der Waals surface area contributed by atoms with Crippen LogP contribution in [-0.4, -0.2) is 16.5 Å². The van der Waals surface area contributed by atoms with Crippen molar-refractivity contribution in [2.45, 2.75) is 34.1 Å². The van der Waals surface area contributed by atoms with E-state index in [9.17, 15) is 0 Å². The fourth-order valence-electron chi connectivity index (χ4n) is 2.20. The lowest BCUT2D eigenvalue weighted by molar-refractivity contribution is 0.982. The molecule has 0 spiro atoms. The van der Waals surface area contributed by atoms with E-state index < -0.39 is 0 Å². The second-order valence-corrected chi connectivity index (χ2v) is 5.65. The zero-order valence-corrected chi connectivity index (χ0v) is 14.0. The van der Waals surface area contributed by atoms with Gasteiger partial charge in [-0.3, -0.25) is 0 Å². The molecule has 0 saturated heterocycles. The van der Waals surface area contributed by atoms with Crippen LogP contribution in [0.3, 0.4) is 0 Å². The van der Waals surface area contributed by atoms with Crippen LogP contribution in [0.25, 0.3) is 11.4 Å². The first-order valence-electron chi connectivity index (χ1n) is 6.94. The van der Waals surface area contributed by atoms with Gasteiger partial charge in [0.2, 0.25) is 0 Å². The third-order valence-electron chi connectivity index (χ3n) is 3.22. The SMILES string of the molecule is CCNc1nc(-c2ccc(C)cc2C)nc(CC)c1Br. The first-order chi connectivity index (χ1) is 9.56. The summed E-state index contributed by atoms with van der Waals surface area (Å²) in [4.78, 5) is 9.36. The number of nitrogens with zero attached hydrogens (tertiary/aromatic N) is 2. The molecule has 1 aromatic heterocycles. The molecule has 0 amide bonds. The molecule has 106 valence electrons. The Morgan fingerprint density at radius 1 is 1.15 bits per heavy atom. The van der Waals surface area contributed by atoms with Gasteiger partial charge in [-0.15, -0.1) is 0 Å². The Bertz CT molecular complexity index is 623. The molecular formula is C16H20BrN3. The molecule has 4 heteroatoms. The fourth-order valence-corrected chi connectivity index (χ4v) is 2.80. The quantitative estimate of drug-likeness (QED) is 0.893. The number of rotatable bonds is 4. The van der Waals surface area contributed by atoms with Crippen LogP contribution in [0, 0.1) is 13.8 Å². The number of hydrogen-bond acceptors (Lipinski definition) is 3. The summed E-state index contributed by atoms with van der Waals surface area (Å²) in [6, 6.07) is 6.37. The van der Waals surface area contributed by atoms with Crippen molar-refractivity contribution in [3.8, 4) is 11.4 Å². The van der Waals surface area contributed by atoms with Crippen LogP contribution in [0.1, 0.15) is 30.7 Å². The zero-order chi connectivity index (χ0) is 14.7. The van der Waals surface area contributed by atoms with E-state index in [0.717, 1.165) is 40.3 Å². The van der Waals surface area contributed by atoms with Crippen LogP contribution < -0.4 is 5.32 Å². The average Bonchev–Trinajstić information content (AvgIpc) is 2.41. The van der Waals surface area contributed by atoms with Crippen LogP contribution >= 0.6 is 15.9 Å². The van der Waals surface area contributed by atoms with Crippen LogP contribution in [0.2, 0.25) is 0 Å². The monoisotopic (exact) mass is 333 g/mol. The highest BCUT2D eigenvalue weighted by Gasteiger charge is 2.13. The predicted octanol–water partition coefficient (Wildman–Crippen LogP) is 4.52. The fraction of sp³-hybridized carbons (Fsp3) is 0.375. The molecule has 0 radical (unpaired) electrons. The number of hydrogen-bond donors (Lipinski definition) is 1. The van der Waals surface area contributed by atoms with Gasteiger partial charge in [0, 0.05) is 12.1 Å². The standard InChI is InChI=1S/C16H20BrN3/c1-5-13-14(17)16(18-6-2)20-15(19-13)12-8-7-10(3)9-11(12)4/h7-9H,5-6H2,1-4H3,(H,18,19,20). The lowest BCUT2D eigenvalue weighted by atomic mass is 10.1. The number of aryl methyl sites for hydroxylation is 3. The maximum atomic E-state index is 4.70. The Morgan fingerprint density at radius 2 is 1.90 bits per heavy atom. The average molecular weight is 334 g/mol. The molecule has 2 rings (SSSR count). The predicted molar refractivity (Wildman–Crippen MR) is 88.2 cm³/mol. The summed E-state index contributed by atoms with van der Waals surface area (Å²) in [5.74, 6) is 1.66. The van der Waals surface area contributed by atoms with Gasteiger partial charge in [0.25, 0.3) is 0 Å². The second kappa shape index (κ2) is 6.35. The third kappa shape index (κ3) is 3.01. The smallest absolute Gasteiger partial charge is 0.162 e. The lowest BCUT2D eigenvalue weighted by Gasteiger charge is -2.13. The van der Waals surface area contributed by atoms with E-state index in [0.29, 0.717) is 0 Å². The number of aromatic nitrogens is 2. The van der Waals surface area contributed by atoms with Gasteiger partial charge in [0.05, 0.1) is 10.2 Å². The summed E-state index contributed by atoms with van der Waals surface area (Å²) in [6.45, 7) is 9.21. The van der Waals surface area contributed by atoms with Gasteiger partial charge in [0.1, 0.15) is 5.82 Å². The van der Waals surface area contributed by atoms with Crippen molar-refractivity contribution in [2.75, 3.05) is 11.9 Å². The molecule has 1 heterocycles. The van der Waals surface area contributed by atoms with E-state index in [1.165, 1.54) is 11.1 Å². The molecule has 0 bridgehead atoms. The Labute approximate surface area is 129 Å².